The zero-order chi connectivity index (χ0) is 17.1. The molecule has 0 saturated carbocycles. The third-order valence-corrected chi connectivity index (χ3v) is 4.41. The quantitative estimate of drug-likeness (QED) is 0.635. The first kappa shape index (κ1) is 16.4. The number of hydrogen-bond donors (Lipinski definition) is 0. The van der Waals surface area contributed by atoms with Crippen molar-refractivity contribution in [1.82, 2.24) is 4.57 Å². The summed E-state index contributed by atoms with van der Waals surface area (Å²) in [5.74, 6) is -1.10. The molecule has 24 heavy (non-hydrogen) atoms. The number of hydrogen-bond acceptors (Lipinski definition) is 3. The lowest BCUT2D eigenvalue weighted by atomic mass is 10.00. The lowest BCUT2D eigenvalue weighted by Crippen LogP contribution is -2.19. The lowest BCUT2D eigenvalue weighted by molar-refractivity contribution is -0.145. The highest BCUT2D eigenvalue weighted by Gasteiger charge is 2.29. The van der Waals surface area contributed by atoms with Gasteiger partial charge in [-0.15, -0.1) is 0 Å². The van der Waals surface area contributed by atoms with Crippen LogP contribution in [0.25, 0.3) is 0 Å². The van der Waals surface area contributed by atoms with Gasteiger partial charge in [0.1, 0.15) is 5.82 Å². The van der Waals surface area contributed by atoms with Gasteiger partial charge in [-0.2, -0.15) is 0 Å². The van der Waals surface area contributed by atoms with Crippen molar-refractivity contribution >= 4 is 11.8 Å². The Hall–Kier alpha value is -2.43. The topological polar surface area (TPSA) is 48.3 Å². The molecule has 0 bridgehead atoms. The Morgan fingerprint density at radius 2 is 1.92 bits per heavy atom. The largest absolute Gasteiger partial charge is 0.465 e. The van der Waals surface area contributed by atoms with Crippen LogP contribution in [0.5, 0.6) is 0 Å². The van der Waals surface area contributed by atoms with E-state index in [1.165, 1.54) is 24.3 Å². The molecular formula is C19H20FNO3. The number of esters is 1. The van der Waals surface area contributed by atoms with Crippen LogP contribution in [0, 0.1) is 5.82 Å². The molecule has 1 aromatic carbocycles. The van der Waals surface area contributed by atoms with E-state index in [0.29, 0.717) is 24.4 Å². The molecule has 5 heteroatoms. The number of halogens is 1. The zero-order valence-corrected chi connectivity index (χ0v) is 13.6. The van der Waals surface area contributed by atoms with Crippen LogP contribution in [0.3, 0.4) is 0 Å². The van der Waals surface area contributed by atoms with Gasteiger partial charge in [0.25, 0.3) is 0 Å². The van der Waals surface area contributed by atoms with Crippen LogP contribution in [-0.2, 0) is 16.1 Å². The van der Waals surface area contributed by atoms with E-state index in [0.717, 1.165) is 25.0 Å². The van der Waals surface area contributed by atoms with Gasteiger partial charge in [0, 0.05) is 17.8 Å². The monoisotopic (exact) mass is 329 g/mol. The molecule has 0 saturated heterocycles. The molecule has 126 valence electrons. The van der Waals surface area contributed by atoms with Crippen molar-refractivity contribution in [3.8, 4) is 0 Å². The Bertz CT molecular complexity index is 748. The summed E-state index contributed by atoms with van der Waals surface area (Å²) in [5.41, 5.74) is 1.80. The molecule has 1 aliphatic rings. The molecular weight excluding hydrogens is 309 g/mol. The SMILES string of the molecule is CCOC(=O)C1CCCCn2c(C(=O)c3ccc(F)cc3)ccc21. The van der Waals surface area contributed by atoms with Crippen molar-refractivity contribution < 1.29 is 18.7 Å². The standard InChI is InChI=1S/C19H20FNO3/c1-2-24-19(23)15-5-3-4-12-21-16(15)10-11-17(21)18(22)13-6-8-14(20)9-7-13/h6-11,15H,2-5,12H2,1H3. The summed E-state index contributed by atoms with van der Waals surface area (Å²) in [5, 5.41) is 0. The number of benzene rings is 1. The van der Waals surface area contributed by atoms with Gasteiger partial charge in [-0.25, -0.2) is 4.39 Å². The fourth-order valence-electron chi connectivity index (χ4n) is 3.23. The van der Waals surface area contributed by atoms with E-state index >= 15 is 0 Å². The molecule has 1 unspecified atom stereocenters. The fourth-order valence-corrected chi connectivity index (χ4v) is 3.23. The second-order valence-corrected chi connectivity index (χ2v) is 5.93. The Kier molecular flexibility index (Phi) is 4.79. The summed E-state index contributed by atoms with van der Waals surface area (Å²) in [6.07, 6.45) is 2.55. The molecule has 0 N–H and O–H groups in total. The van der Waals surface area contributed by atoms with Crippen molar-refractivity contribution in [3.05, 3.63) is 59.2 Å². The number of fused-ring (bicyclic) bond motifs is 1. The maximum Gasteiger partial charge on any atom is 0.314 e. The van der Waals surface area contributed by atoms with Crippen LogP contribution in [0.1, 0.15) is 53.8 Å². The first-order chi connectivity index (χ1) is 11.6. The molecule has 1 aliphatic heterocycles. The maximum atomic E-state index is 13.1. The second kappa shape index (κ2) is 6.99. The maximum absolute atomic E-state index is 13.1. The van der Waals surface area contributed by atoms with E-state index in [4.69, 9.17) is 4.74 Å². The van der Waals surface area contributed by atoms with E-state index in [1.54, 1.807) is 13.0 Å². The molecule has 3 rings (SSSR count). The minimum Gasteiger partial charge on any atom is -0.465 e. The second-order valence-electron chi connectivity index (χ2n) is 5.93. The lowest BCUT2D eigenvalue weighted by Gasteiger charge is -2.15. The van der Waals surface area contributed by atoms with Gasteiger partial charge < -0.3 is 9.30 Å². The predicted molar refractivity (Wildman–Crippen MR) is 87.5 cm³/mol. The minimum atomic E-state index is -0.372. The molecule has 4 nitrogen and oxygen atoms in total. The van der Waals surface area contributed by atoms with Gasteiger partial charge in [0.15, 0.2) is 0 Å². The van der Waals surface area contributed by atoms with Crippen molar-refractivity contribution in [2.24, 2.45) is 0 Å². The third kappa shape index (κ3) is 3.11. The number of rotatable bonds is 4. The Morgan fingerprint density at radius 1 is 1.17 bits per heavy atom. The Balaban J connectivity index is 1.96. The van der Waals surface area contributed by atoms with Gasteiger partial charge in [0.2, 0.25) is 5.78 Å². The Morgan fingerprint density at radius 3 is 2.62 bits per heavy atom. The molecule has 0 spiro atoms. The zero-order valence-electron chi connectivity index (χ0n) is 13.6. The number of carbonyl (C=O) groups is 2. The molecule has 0 amide bonds. The van der Waals surface area contributed by atoms with Crippen molar-refractivity contribution in [2.75, 3.05) is 6.61 Å². The average molecular weight is 329 g/mol. The summed E-state index contributed by atoms with van der Waals surface area (Å²) in [7, 11) is 0. The highest BCUT2D eigenvalue weighted by Crippen LogP contribution is 2.30. The molecule has 2 aromatic rings. The summed E-state index contributed by atoms with van der Waals surface area (Å²) in [4.78, 5) is 25.0. The molecule has 0 aliphatic carbocycles. The van der Waals surface area contributed by atoms with Gasteiger partial charge >= 0.3 is 5.97 Å². The molecule has 0 radical (unpaired) electrons. The third-order valence-electron chi connectivity index (χ3n) is 4.41. The summed E-state index contributed by atoms with van der Waals surface area (Å²) in [6.45, 7) is 2.83. The molecule has 1 aromatic heterocycles. The van der Waals surface area contributed by atoms with Crippen LogP contribution in [-0.4, -0.2) is 22.9 Å². The van der Waals surface area contributed by atoms with Crippen LogP contribution < -0.4 is 0 Å². The van der Waals surface area contributed by atoms with Crippen LogP contribution in [0.15, 0.2) is 36.4 Å². The van der Waals surface area contributed by atoms with E-state index in [9.17, 15) is 14.0 Å². The number of aromatic nitrogens is 1. The van der Waals surface area contributed by atoms with E-state index in [-0.39, 0.29) is 23.5 Å². The average Bonchev–Trinajstić information content (AvgIpc) is 2.87. The van der Waals surface area contributed by atoms with E-state index < -0.39 is 0 Å². The first-order valence-electron chi connectivity index (χ1n) is 8.28. The fraction of sp³-hybridized carbons (Fsp3) is 0.368. The smallest absolute Gasteiger partial charge is 0.314 e. The minimum absolute atomic E-state index is 0.161. The highest BCUT2D eigenvalue weighted by molar-refractivity contribution is 6.08. The van der Waals surface area contributed by atoms with E-state index in [1.807, 2.05) is 10.6 Å². The van der Waals surface area contributed by atoms with Gasteiger partial charge in [-0.3, -0.25) is 9.59 Å². The molecule has 2 heterocycles. The normalized spacial score (nSPS) is 17.0. The molecule has 1 atom stereocenters. The number of carbonyl (C=O) groups excluding carboxylic acids is 2. The number of ketones is 1. The van der Waals surface area contributed by atoms with Crippen molar-refractivity contribution in [2.45, 2.75) is 38.6 Å². The summed E-state index contributed by atoms with van der Waals surface area (Å²) >= 11 is 0. The Labute approximate surface area is 140 Å². The van der Waals surface area contributed by atoms with Crippen molar-refractivity contribution in [3.63, 3.8) is 0 Å². The van der Waals surface area contributed by atoms with Crippen LogP contribution in [0.4, 0.5) is 4.39 Å². The summed E-state index contributed by atoms with van der Waals surface area (Å²) in [6, 6.07) is 9.11. The summed E-state index contributed by atoms with van der Waals surface area (Å²) < 4.78 is 20.2. The van der Waals surface area contributed by atoms with Crippen molar-refractivity contribution in [1.29, 1.82) is 0 Å². The molecule has 0 fully saturated rings. The van der Waals surface area contributed by atoms with Crippen LogP contribution >= 0.6 is 0 Å². The van der Waals surface area contributed by atoms with Gasteiger partial charge in [-0.1, -0.05) is 6.42 Å². The van der Waals surface area contributed by atoms with Crippen LogP contribution in [0.2, 0.25) is 0 Å². The van der Waals surface area contributed by atoms with E-state index in [2.05, 4.69) is 0 Å². The van der Waals surface area contributed by atoms with Gasteiger partial charge in [-0.05, 0) is 56.2 Å². The highest BCUT2D eigenvalue weighted by atomic mass is 19.1. The number of nitrogens with zero attached hydrogens (tertiary/aromatic N) is 1. The first-order valence-corrected chi connectivity index (χ1v) is 8.28. The van der Waals surface area contributed by atoms with Gasteiger partial charge in [0.05, 0.1) is 18.2 Å². The number of ether oxygens (including phenoxy) is 1. The predicted octanol–water partition coefficient (Wildman–Crippen LogP) is 3.69.